The smallest absolute Gasteiger partial charge is 0.404 e. The molecular formula is C15H20N2O3S. The van der Waals surface area contributed by atoms with Gasteiger partial charge in [-0.15, -0.1) is 11.8 Å². The number of carbonyl (C=O) groups is 2. The Hall–Kier alpha value is -1.69. The summed E-state index contributed by atoms with van der Waals surface area (Å²) >= 11 is 1.63. The molecule has 6 heteroatoms. The second kappa shape index (κ2) is 7.36. The van der Waals surface area contributed by atoms with E-state index in [0.29, 0.717) is 5.56 Å². The first-order valence-corrected chi connectivity index (χ1v) is 8.27. The largest absolute Gasteiger partial charge is 0.465 e. The summed E-state index contributed by atoms with van der Waals surface area (Å²) in [6, 6.07) is 7.07. The maximum atomic E-state index is 12.3. The van der Waals surface area contributed by atoms with E-state index in [2.05, 4.69) is 10.6 Å². The minimum atomic E-state index is -1.04. The Bertz CT molecular complexity index is 504. The average Bonchev–Trinajstić information content (AvgIpc) is 2.49. The predicted molar refractivity (Wildman–Crippen MR) is 82.9 cm³/mol. The Balaban J connectivity index is 2.00. The Labute approximate surface area is 128 Å². The van der Waals surface area contributed by atoms with Gasteiger partial charge in [-0.05, 0) is 43.4 Å². The molecule has 1 aliphatic rings. The van der Waals surface area contributed by atoms with Crippen LogP contribution < -0.4 is 10.6 Å². The lowest BCUT2D eigenvalue weighted by molar-refractivity contribution is 0.0912. The van der Waals surface area contributed by atoms with E-state index < -0.39 is 6.09 Å². The first-order chi connectivity index (χ1) is 10.1. The molecule has 0 spiro atoms. The Morgan fingerprint density at radius 1 is 1.10 bits per heavy atom. The first kappa shape index (κ1) is 15.7. The van der Waals surface area contributed by atoms with Gasteiger partial charge in [0.05, 0.1) is 6.04 Å². The number of carbonyl (C=O) groups excluding carboxylic acids is 1. The van der Waals surface area contributed by atoms with Crippen LogP contribution in [0.2, 0.25) is 0 Å². The highest BCUT2D eigenvalue weighted by molar-refractivity contribution is 7.98. The van der Waals surface area contributed by atoms with E-state index >= 15 is 0 Å². The maximum Gasteiger partial charge on any atom is 0.404 e. The Morgan fingerprint density at radius 2 is 1.67 bits per heavy atom. The highest BCUT2D eigenvalue weighted by Gasteiger charge is 2.27. The zero-order valence-corrected chi connectivity index (χ0v) is 12.8. The molecule has 2 unspecified atom stereocenters. The highest BCUT2D eigenvalue weighted by atomic mass is 32.2. The number of carboxylic acid groups (broad SMARTS) is 1. The summed E-state index contributed by atoms with van der Waals surface area (Å²) in [7, 11) is 0. The lowest BCUT2D eigenvalue weighted by Crippen LogP contribution is -2.52. The van der Waals surface area contributed by atoms with Crippen LogP contribution in [0.1, 0.15) is 36.0 Å². The van der Waals surface area contributed by atoms with Crippen molar-refractivity contribution in [1.29, 1.82) is 0 Å². The molecule has 2 amide bonds. The SMILES string of the molecule is CSc1ccc(C(=O)NC2CCCCC2NC(=O)O)cc1. The van der Waals surface area contributed by atoms with Crippen molar-refractivity contribution in [3.63, 3.8) is 0 Å². The third-order valence-corrected chi connectivity index (χ3v) is 4.49. The summed E-state index contributed by atoms with van der Waals surface area (Å²) in [6.07, 6.45) is 4.51. The Kier molecular flexibility index (Phi) is 5.50. The zero-order valence-electron chi connectivity index (χ0n) is 12.0. The molecule has 21 heavy (non-hydrogen) atoms. The van der Waals surface area contributed by atoms with Crippen molar-refractivity contribution in [2.45, 2.75) is 42.7 Å². The summed E-state index contributed by atoms with van der Waals surface area (Å²) in [6.45, 7) is 0. The Morgan fingerprint density at radius 3 is 2.19 bits per heavy atom. The third kappa shape index (κ3) is 4.39. The van der Waals surface area contributed by atoms with E-state index in [4.69, 9.17) is 5.11 Å². The molecule has 5 nitrogen and oxygen atoms in total. The second-order valence-corrected chi connectivity index (χ2v) is 6.03. The van der Waals surface area contributed by atoms with Gasteiger partial charge >= 0.3 is 6.09 Å². The van der Waals surface area contributed by atoms with Crippen molar-refractivity contribution >= 4 is 23.8 Å². The predicted octanol–water partition coefficient (Wildman–Crippen LogP) is 2.72. The van der Waals surface area contributed by atoms with Crippen molar-refractivity contribution in [3.05, 3.63) is 29.8 Å². The van der Waals surface area contributed by atoms with Crippen molar-refractivity contribution < 1.29 is 14.7 Å². The number of benzene rings is 1. The monoisotopic (exact) mass is 308 g/mol. The third-order valence-electron chi connectivity index (χ3n) is 3.74. The minimum Gasteiger partial charge on any atom is -0.465 e. The maximum absolute atomic E-state index is 12.3. The van der Waals surface area contributed by atoms with Gasteiger partial charge in [0.1, 0.15) is 0 Å². The van der Waals surface area contributed by atoms with Gasteiger partial charge in [-0.3, -0.25) is 4.79 Å². The lowest BCUT2D eigenvalue weighted by Gasteiger charge is -2.32. The number of nitrogens with one attached hydrogen (secondary N) is 2. The normalized spacial score (nSPS) is 21.6. The van der Waals surface area contributed by atoms with Crippen LogP contribution in [0.3, 0.4) is 0 Å². The summed E-state index contributed by atoms with van der Waals surface area (Å²) in [5.74, 6) is -0.147. The minimum absolute atomic E-state index is 0.137. The molecule has 0 aromatic heterocycles. The van der Waals surface area contributed by atoms with Gasteiger partial charge in [0.2, 0.25) is 0 Å². The summed E-state index contributed by atoms with van der Waals surface area (Å²) in [4.78, 5) is 24.2. The molecule has 1 aromatic rings. The van der Waals surface area contributed by atoms with Gasteiger partial charge in [0.25, 0.3) is 5.91 Å². The fourth-order valence-corrected chi connectivity index (χ4v) is 3.04. The van der Waals surface area contributed by atoms with Gasteiger partial charge in [-0.1, -0.05) is 12.8 Å². The van der Waals surface area contributed by atoms with Gasteiger partial charge in [0, 0.05) is 16.5 Å². The molecule has 2 rings (SSSR count). The topological polar surface area (TPSA) is 78.4 Å². The molecule has 1 fully saturated rings. The number of amides is 2. The summed E-state index contributed by atoms with van der Waals surface area (Å²) in [5.41, 5.74) is 0.604. The molecule has 114 valence electrons. The molecule has 0 bridgehead atoms. The molecule has 1 saturated carbocycles. The van der Waals surface area contributed by atoms with E-state index in [1.54, 1.807) is 23.9 Å². The summed E-state index contributed by atoms with van der Waals surface area (Å²) in [5, 5.41) is 14.3. The fraction of sp³-hybridized carbons (Fsp3) is 0.467. The zero-order chi connectivity index (χ0) is 15.2. The van der Waals surface area contributed by atoms with E-state index in [0.717, 1.165) is 30.6 Å². The van der Waals surface area contributed by atoms with Gasteiger partial charge in [-0.2, -0.15) is 0 Å². The molecule has 0 saturated heterocycles. The molecule has 0 aliphatic heterocycles. The average molecular weight is 308 g/mol. The number of rotatable bonds is 4. The molecule has 2 atom stereocenters. The number of hydrogen-bond donors (Lipinski definition) is 3. The molecule has 1 aliphatic carbocycles. The van der Waals surface area contributed by atoms with Crippen LogP contribution in [0.5, 0.6) is 0 Å². The van der Waals surface area contributed by atoms with Gasteiger partial charge in [-0.25, -0.2) is 4.79 Å². The molecular weight excluding hydrogens is 288 g/mol. The molecule has 1 aromatic carbocycles. The van der Waals surface area contributed by atoms with E-state index in [1.807, 2.05) is 18.4 Å². The molecule has 3 N–H and O–H groups in total. The van der Waals surface area contributed by atoms with Crippen LogP contribution in [0, 0.1) is 0 Å². The molecule has 0 radical (unpaired) electrons. The standard InChI is InChI=1S/C15H20N2O3S/c1-21-11-8-6-10(7-9-11)14(18)16-12-4-2-3-5-13(12)17-15(19)20/h6-9,12-13,17H,2-5H2,1H3,(H,16,18)(H,19,20). The van der Waals surface area contributed by atoms with Gasteiger partial charge < -0.3 is 15.7 Å². The van der Waals surface area contributed by atoms with Crippen molar-refractivity contribution in [2.24, 2.45) is 0 Å². The van der Waals surface area contributed by atoms with Crippen molar-refractivity contribution in [2.75, 3.05) is 6.26 Å². The van der Waals surface area contributed by atoms with Crippen LogP contribution >= 0.6 is 11.8 Å². The number of hydrogen-bond acceptors (Lipinski definition) is 3. The van der Waals surface area contributed by atoms with Crippen LogP contribution in [0.25, 0.3) is 0 Å². The quantitative estimate of drug-likeness (QED) is 0.747. The molecule has 0 heterocycles. The van der Waals surface area contributed by atoms with Crippen LogP contribution in [-0.4, -0.2) is 35.4 Å². The van der Waals surface area contributed by atoms with E-state index in [9.17, 15) is 9.59 Å². The summed E-state index contributed by atoms with van der Waals surface area (Å²) < 4.78 is 0. The van der Waals surface area contributed by atoms with Crippen molar-refractivity contribution in [1.82, 2.24) is 10.6 Å². The first-order valence-electron chi connectivity index (χ1n) is 7.04. The van der Waals surface area contributed by atoms with Gasteiger partial charge in [0.15, 0.2) is 0 Å². The van der Waals surface area contributed by atoms with Crippen molar-refractivity contribution in [3.8, 4) is 0 Å². The van der Waals surface area contributed by atoms with Crippen LogP contribution in [0.4, 0.5) is 4.79 Å². The van der Waals surface area contributed by atoms with Crippen LogP contribution in [0.15, 0.2) is 29.2 Å². The number of thioether (sulfide) groups is 1. The van der Waals surface area contributed by atoms with Crippen LogP contribution in [-0.2, 0) is 0 Å². The second-order valence-electron chi connectivity index (χ2n) is 5.15. The van der Waals surface area contributed by atoms with E-state index in [1.165, 1.54) is 0 Å². The van der Waals surface area contributed by atoms with E-state index in [-0.39, 0.29) is 18.0 Å². The fourth-order valence-electron chi connectivity index (χ4n) is 2.63. The lowest BCUT2D eigenvalue weighted by atomic mass is 9.90. The highest BCUT2D eigenvalue weighted by Crippen LogP contribution is 2.20.